The van der Waals surface area contributed by atoms with Gasteiger partial charge in [0.2, 0.25) is 5.91 Å². The fraction of sp³-hybridized carbons (Fsp3) is 0.611. The smallest absolute Gasteiger partial charge is 0.263 e. The molecule has 1 N–H and O–H groups in total. The van der Waals surface area contributed by atoms with Gasteiger partial charge in [0.25, 0.3) is 5.56 Å². The molecule has 1 aliphatic heterocycles. The first-order valence-corrected chi connectivity index (χ1v) is 10.9. The maximum atomic E-state index is 13.3. The maximum Gasteiger partial charge on any atom is 0.263 e. The minimum absolute atomic E-state index is 0.00917. The zero-order valence-electron chi connectivity index (χ0n) is 15.5. The summed E-state index contributed by atoms with van der Waals surface area (Å²) in [5.41, 5.74) is 1.08. The van der Waals surface area contributed by atoms with Crippen LogP contribution >= 0.6 is 23.1 Å². The lowest BCUT2D eigenvalue weighted by Crippen LogP contribution is -2.30. The average molecular weight is 396 g/mol. The van der Waals surface area contributed by atoms with Gasteiger partial charge in [0.15, 0.2) is 5.16 Å². The summed E-state index contributed by atoms with van der Waals surface area (Å²) in [6.45, 7) is 7.83. The standard InChI is InChI=1S/C18H25N3O3S2/c1-4-13-11(3)26-16-15(13)17(23)21(9-12-7-6-8-24-12)18(20-16)25-10-14(22)19-5-2/h12H,4-10H2,1-3H3,(H,19,22). The Morgan fingerprint density at radius 1 is 1.46 bits per heavy atom. The van der Waals surface area contributed by atoms with Gasteiger partial charge in [-0.3, -0.25) is 14.2 Å². The van der Waals surface area contributed by atoms with E-state index < -0.39 is 0 Å². The zero-order valence-corrected chi connectivity index (χ0v) is 17.1. The van der Waals surface area contributed by atoms with Crippen LogP contribution in [0.25, 0.3) is 10.2 Å². The Balaban J connectivity index is 2.02. The molecule has 1 saturated heterocycles. The number of aryl methyl sites for hydroxylation is 2. The summed E-state index contributed by atoms with van der Waals surface area (Å²) in [5, 5.41) is 4.12. The van der Waals surface area contributed by atoms with Crippen LogP contribution in [0, 0.1) is 6.92 Å². The Morgan fingerprint density at radius 3 is 2.92 bits per heavy atom. The number of rotatable bonds is 7. The Hall–Kier alpha value is -1.38. The van der Waals surface area contributed by atoms with Crippen molar-refractivity contribution < 1.29 is 9.53 Å². The van der Waals surface area contributed by atoms with Crippen LogP contribution in [0.5, 0.6) is 0 Å². The molecule has 0 saturated carbocycles. The van der Waals surface area contributed by atoms with Gasteiger partial charge in [-0.15, -0.1) is 11.3 Å². The van der Waals surface area contributed by atoms with E-state index in [1.165, 1.54) is 11.8 Å². The highest BCUT2D eigenvalue weighted by Gasteiger charge is 2.23. The Kier molecular flexibility index (Phi) is 6.37. The fourth-order valence-corrected chi connectivity index (χ4v) is 5.29. The van der Waals surface area contributed by atoms with Crippen molar-refractivity contribution in [2.45, 2.75) is 57.8 Å². The van der Waals surface area contributed by atoms with E-state index in [-0.39, 0.29) is 23.3 Å². The van der Waals surface area contributed by atoms with Gasteiger partial charge in [-0.05, 0) is 38.7 Å². The van der Waals surface area contributed by atoms with Crippen molar-refractivity contribution in [3.05, 3.63) is 20.8 Å². The summed E-state index contributed by atoms with van der Waals surface area (Å²) >= 11 is 2.88. The first-order chi connectivity index (χ1) is 12.5. The Labute approximate surface area is 161 Å². The van der Waals surface area contributed by atoms with E-state index >= 15 is 0 Å². The molecule has 0 radical (unpaired) electrons. The molecule has 0 aromatic carbocycles. The molecule has 142 valence electrons. The van der Waals surface area contributed by atoms with Gasteiger partial charge in [-0.2, -0.15) is 0 Å². The number of amides is 1. The lowest BCUT2D eigenvalue weighted by atomic mass is 10.1. The Morgan fingerprint density at radius 2 is 2.27 bits per heavy atom. The number of nitrogens with one attached hydrogen (secondary N) is 1. The van der Waals surface area contributed by atoms with Gasteiger partial charge < -0.3 is 10.1 Å². The van der Waals surface area contributed by atoms with Gasteiger partial charge in [0.05, 0.1) is 23.8 Å². The number of carbonyl (C=O) groups is 1. The molecule has 1 atom stereocenters. The van der Waals surface area contributed by atoms with E-state index in [9.17, 15) is 9.59 Å². The van der Waals surface area contributed by atoms with Crippen LogP contribution in [0.2, 0.25) is 0 Å². The summed E-state index contributed by atoms with van der Waals surface area (Å²) in [6.07, 6.45) is 2.83. The first kappa shape index (κ1) is 19.4. The number of aromatic nitrogens is 2. The van der Waals surface area contributed by atoms with Crippen molar-refractivity contribution >= 4 is 39.2 Å². The normalized spacial score (nSPS) is 17.1. The van der Waals surface area contributed by atoms with Gasteiger partial charge in [-0.25, -0.2) is 4.98 Å². The number of fused-ring (bicyclic) bond motifs is 1. The van der Waals surface area contributed by atoms with Crippen molar-refractivity contribution in [2.24, 2.45) is 0 Å². The van der Waals surface area contributed by atoms with Crippen LogP contribution in [0.15, 0.2) is 9.95 Å². The van der Waals surface area contributed by atoms with Crippen LogP contribution in [0.4, 0.5) is 0 Å². The van der Waals surface area contributed by atoms with E-state index in [1.807, 2.05) is 13.8 Å². The molecule has 1 amide bonds. The SMILES string of the molecule is CCNC(=O)CSc1nc2sc(C)c(CC)c2c(=O)n1CC1CCCO1. The highest BCUT2D eigenvalue weighted by atomic mass is 32.2. The monoisotopic (exact) mass is 395 g/mol. The lowest BCUT2D eigenvalue weighted by molar-refractivity contribution is -0.118. The van der Waals surface area contributed by atoms with E-state index in [0.29, 0.717) is 18.2 Å². The number of nitrogens with zero attached hydrogens (tertiary/aromatic N) is 2. The second-order valence-electron chi connectivity index (χ2n) is 6.36. The van der Waals surface area contributed by atoms with Crippen molar-refractivity contribution in [2.75, 3.05) is 18.9 Å². The van der Waals surface area contributed by atoms with Crippen LogP contribution in [0.3, 0.4) is 0 Å². The predicted molar refractivity (Wildman–Crippen MR) is 106 cm³/mol. The minimum Gasteiger partial charge on any atom is -0.376 e. The first-order valence-electron chi connectivity index (χ1n) is 9.09. The lowest BCUT2D eigenvalue weighted by Gasteiger charge is -2.16. The molecule has 3 rings (SSSR count). The van der Waals surface area contributed by atoms with Gasteiger partial charge in [0, 0.05) is 18.0 Å². The van der Waals surface area contributed by atoms with Crippen LogP contribution < -0.4 is 10.9 Å². The molecule has 26 heavy (non-hydrogen) atoms. The van der Waals surface area contributed by atoms with Gasteiger partial charge in [0.1, 0.15) is 4.83 Å². The molecule has 0 spiro atoms. The number of ether oxygens (including phenoxy) is 1. The van der Waals surface area contributed by atoms with Crippen molar-refractivity contribution in [1.29, 1.82) is 0 Å². The second-order valence-corrected chi connectivity index (χ2v) is 8.50. The molecule has 8 heteroatoms. The number of hydrogen-bond acceptors (Lipinski definition) is 6. The predicted octanol–water partition coefficient (Wildman–Crippen LogP) is 2.74. The van der Waals surface area contributed by atoms with Gasteiger partial charge >= 0.3 is 0 Å². The molecular weight excluding hydrogens is 370 g/mol. The molecule has 1 unspecified atom stereocenters. The number of carbonyl (C=O) groups excluding carboxylic acids is 1. The summed E-state index contributed by atoms with van der Waals surface area (Å²) in [5.74, 6) is 0.203. The number of hydrogen-bond donors (Lipinski definition) is 1. The van der Waals surface area contributed by atoms with Crippen molar-refractivity contribution in [3.63, 3.8) is 0 Å². The molecule has 0 bridgehead atoms. The van der Waals surface area contributed by atoms with E-state index in [1.54, 1.807) is 15.9 Å². The molecule has 3 heterocycles. The molecule has 2 aromatic heterocycles. The van der Waals surface area contributed by atoms with E-state index in [4.69, 9.17) is 9.72 Å². The highest BCUT2D eigenvalue weighted by molar-refractivity contribution is 7.99. The number of thioether (sulfide) groups is 1. The average Bonchev–Trinajstić information content (AvgIpc) is 3.23. The van der Waals surface area contributed by atoms with Crippen LogP contribution in [-0.4, -0.2) is 40.5 Å². The van der Waals surface area contributed by atoms with Crippen LogP contribution in [-0.2, 0) is 22.5 Å². The summed E-state index contributed by atoms with van der Waals surface area (Å²) in [4.78, 5) is 31.8. The molecule has 0 aliphatic carbocycles. The Bertz CT molecular complexity index is 853. The summed E-state index contributed by atoms with van der Waals surface area (Å²) in [7, 11) is 0. The van der Waals surface area contributed by atoms with Crippen molar-refractivity contribution in [1.82, 2.24) is 14.9 Å². The molecule has 1 aliphatic rings. The molecule has 6 nitrogen and oxygen atoms in total. The third-order valence-corrected chi connectivity index (χ3v) is 6.57. The van der Waals surface area contributed by atoms with E-state index in [2.05, 4.69) is 12.2 Å². The third-order valence-electron chi connectivity index (χ3n) is 4.55. The zero-order chi connectivity index (χ0) is 18.7. The largest absolute Gasteiger partial charge is 0.376 e. The fourth-order valence-electron chi connectivity index (χ4n) is 3.30. The van der Waals surface area contributed by atoms with Gasteiger partial charge in [-0.1, -0.05) is 18.7 Å². The third kappa shape index (κ3) is 3.97. The molecule has 1 fully saturated rings. The minimum atomic E-state index is -0.0490. The maximum absolute atomic E-state index is 13.3. The number of thiophene rings is 1. The summed E-state index contributed by atoms with van der Waals surface area (Å²) in [6, 6.07) is 0. The van der Waals surface area contributed by atoms with Crippen LogP contribution in [0.1, 0.15) is 37.1 Å². The van der Waals surface area contributed by atoms with Crippen molar-refractivity contribution in [3.8, 4) is 0 Å². The summed E-state index contributed by atoms with van der Waals surface area (Å²) < 4.78 is 7.45. The second kappa shape index (κ2) is 8.54. The topological polar surface area (TPSA) is 73.2 Å². The van der Waals surface area contributed by atoms with E-state index in [0.717, 1.165) is 46.5 Å². The highest BCUT2D eigenvalue weighted by Crippen LogP contribution is 2.30. The quantitative estimate of drug-likeness (QED) is 0.576. The molecular formula is C18H25N3O3S2. The molecule has 2 aromatic rings.